The van der Waals surface area contributed by atoms with Crippen LogP contribution in [0.3, 0.4) is 0 Å². The Morgan fingerprint density at radius 2 is 1.81 bits per heavy atom. The Bertz CT molecular complexity index is 601. The minimum absolute atomic E-state index is 0.00187. The summed E-state index contributed by atoms with van der Waals surface area (Å²) in [6.45, 7) is 13.3. The third kappa shape index (κ3) is 3.18. The van der Waals surface area contributed by atoms with Crippen LogP contribution in [0.4, 0.5) is 0 Å². The van der Waals surface area contributed by atoms with Crippen molar-refractivity contribution in [2.75, 3.05) is 0 Å². The van der Waals surface area contributed by atoms with Gasteiger partial charge in [0.25, 0.3) is 0 Å². The van der Waals surface area contributed by atoms with Gasteiger partial charge in [0.15, 0.2) is 0 Å². The van der Waals surface area contributed by atoms with Gasteiger partial charge in [-0.15, -0.1) is 11.3 Å². The SMILES string of the molecule is CC(C)NCc1cc(S(=O)(=O)NC2C(C)(C)C2(C)C)cs1. The molecule has 0 radical (unpaired) electrons. The summed E-state index contributed by atoms with van der Waals surface area (Å²) in [5.41, 5.74) is -0.00373. The summed E-state index contributed by atoms with van der Waals surface area (Å²) in [5, 5.41) is 5.03. The molecule has 120 valence electrons. The normalized spacial score (nSPS) is 20.9. The monoisotopic (exact) mass is 330 g/mol. The van der Waals surface area contributed by atoms with E-state index in [0.717, 1.165) is 4.88 Å². The molecular formula is C15H26N2O2S2. The number of hydrogen-bond acceptors (Lipinski definition) is 4. The third-order valence-electron chi connectivity index (χ3n) is 4.92. The molecule has 2 rings (SSSR count). The lowest BCUT2D eigenvalue weighted by Crippen LogP contribution is -2.29. The lowest BCUT2D eigenvalue weighted by Gasteiger charge is -2.07. The van der Waals surface area contributed by atoms with Gasteiger partial charge in [-0.05, 0) is 16.9 Å². The summed E-state index contributed by atoms with van der Waals surface area (Å²) in [4.78, 5) is 1.42. The lowest BCUT2D eigenvalue weighted by atomic mass is 10.0. The Hall–Kier alpha value is -0.430. The zero-order chi connectivity index (χ0) is 16.1. The van der Waals surface area contributed by atoms with Crippen molar-refractivity contribution in [1.29, 1.82) is 0 Å². The number of sulfonamides is 1. The van der Waals surface area contributed by atoms with Gasteiger partial charge in [-0.2, -0.15) is 0 Å². The van der Waals surface area contributed by atoms with E-state index in [9.17, 15) is 8.42 Å². The molecule has 1 aliphatic rings. The van der Waals surface area contributed by atoms with E-state index in [1.54, 1.807) is 11.4 Å². The highest BCUT2D eigenvalue weighted by Crippen LogP contribution is 2.62. The fraction of sp³-hybridized carbons (Fsp3) is 0.733. The molecule has 1 heterocycles. The van der Waals surface area contributed by atoms with E-state index >= 15 is 0 Å². The summed E-state index contributed by atoms with van der Waals surface area (Å²) >= 11 is 1.48. The molecule has 2 N–H and O–H groups in total. The van der Waals surface area contributed by atoms with Gasteiger partial charge in [-0.1, -0.05) is 41.5 Å². The minimum Gasteiger partial charge on any atom is -0.310 e. The van der Waals surface area contributed by atoms with Crippen molar-refractivity contribution in [2.45, 2.75) is 65.1 Å². The van der Waals surface area contributed by atoms with Crippen molar-refractivity contribution in [3.63, 3.8) is 0 Å². The average Bonchev–Trinajstić information content (AvgIpc) is 2.77. The smallest absolute Gasteiger partial charge is 0.241 e. The predicted molar refractivity (Wildman–Crippen MR) is 88.0 cm³/mol. The van der Waals surface area contributed by atoms with Crippen LogP contribution in [0.2, 0.25) is 0 Å². The first-order valence-electron chi connectivity index (χ1n) is 7.31. The fourth-order valence-electron chi connectivity index (χ4n) is 2.61. The van der Waals surface area contributed by atoms with Crippen LogP contribution in [0.15, 0.2) is 16.3 Å². The van der Waals surface area contributed by atoms with Crippen LogP contribution in [0, 0.1) is 10.8 Å². The van der Waals surface area contributed by atoms with Crippen molar-refractivity contribution in [3.05, 3.63) is 16.3 Å². The zero-order valence-corrected chi connectivity index (χ0v) is 15.3. The number of nitrogens with one attached hydrogen (secondary N) is 2. The summed E-state index contributed by atoms with van der Waals surface area (Å²) in [5.74, 6) is 0. The molecule has 1 fully saturated rings. The van der Waals surface area contributed by atoms with Crippen molar-refractivity contribution in [3.8, 4) is 0 Å². The van der Waals surface area contributed by atoms with Gasteiger partial charge in [-0.3, -0.25) is 0 Å². The van der Waals surface area contributed by atoms with E-state index in [0.29, 0.717) is 17.5 Å². The van der Waals surface area contributed by atoms with Gasteiger partial charge in [-0.25, -0.2) is 13.1 Å². The van der Waals surface area contributed by atoms with Gasteiger partial charge >= 0.3 is 0 Å². The second-order valence-electron chi connectivity index (χ2n) is 7.28. The van der Waals surface area contributed by atoms with Gasteiger partial charge in [0, 0.05) is 28.9 Å². The summed E-state index contributed by atoms with van der Waals surface area (Å²) < 4.78 is 27.8. The molecule has 21 heavy (non-hydrogen) atoms. The van der Waals surface area contributed by atoms with Gasteiger partial charge in [0.1, 0.15) is 0 Å². The number of thiophene rings is 1. The topological polar surface area (TPSA) is 58.2 Å². The molecule has 4 nitrogen and oxygen atoms in total. The third-order valence-corrected chi connectivity index (χ3v) is 7.41. The van der Waals surface area contributed by atoms with Gasteiger partial charge < -0.3 is 5.32 Å². The highest BCUT2D eigenvalue weighted by molar-refractivity contribution is 7.89. The van der Waals surface area contributed by atoms with E-state index < -0.39 is 10.0 Å². The molecule has 0 aromatic carbocycles. The van der Waals surface area contributed by atoms with Crippen molar-refractivity contribution in [1.82, 2.24) is 10.0 Å². The molecule has 0 aliphatic heterocycles. The second kappa shape index (κ2) is 5.33. The Kier molecular flexibility index (Phi) is 4.30. The Morgan fingerprint density at radius 1 is 1.24 bits per heavy atom. The van der Waals surface area contributed by atoms with E-state index in [2.05, 4.69) is 51.6 Å². The van der Waals surface area contributed by atoms with Crippen LogP contribution in [-0.2, 0) is 16.6 Å². The van der Waals surface area contributed by atoms with Crippen molar-refractivity contribution >= 4 is 21.4 Å². The lowest BCUT2D eigenvalue weighted by molar-refractivity contribution is 0.457. The predicted octanol–water partition coefficient (Wildman–Crippen LogP) is 2.96. The quantitative estimate of drug-likeness (QED) is 0.843. The second-order valence-corrected chi connectivity index (χ2v) is 9.99. The average molecular weight is 331 g/mol. The molecular weight excluding hydrogens is 304 g/mol. The van der Waals surface area contributed by atoms with Crippen LogP contribution in [0.25, 0.3) is 0 Å². The zero-order valence-electron chi connectivity index (χ0n) is 13.6. The van der Waals surface area contributed by atoms with Gasteiger partial charge in [0.05, 0.1) is 4.90 Å². The van der Waals surface area contributed by atoms with E-state index in [4.69, 9.17) is 0 Å². The molecule has 0 spiro atoms. The molecule has 1 saturated carbocycles. The van der Waals surface area contributed by atoms with Crippen LogP contribution in [0.1, 0.15) is 46.4 Å². The van der Waals surface area contributed by atoms with E-state index in [-0.39, 0.29) is 16.9 Å². The van der Waals surface area contributed by atoms with E-state index in [1.807, 2.05) is 0 Å². The van der Waals surface area contributed by atoms with E-state index in [1.165, 1.54) is 11.3 Å². The molecule has 0 saturated heterocycles. The molecule has 0 unspecified atom stereocenters. The molecule has 1 aromatic heterocycles. The number of hydrogen-bond donors (Lipinski definition) is 2. The van der Waals surface area contributed by atoms with Crippen molar-refractivity contribution in [2.24, 2.45) is 10.8 Å². The molecule has 6 heteroatoms. The fourth-order valence-corrected chi connectivity index (χ4v) is 5.37. The van der Waals surface area contributed by atoms with Crippen LogP contribution < -0.4 is 10.0 Å². The Labute approximate surface area is 132 Å². The van der Waals surface area contributed by atoms with Crippen molar-refractivity contribution < 1.29 is 8.42 Å². The Balaban J connectivity index is 2.08. The minimum atomic E-state index is -3.42. The first-order chi connectivity index (χ1) is 9.48. The van der Waals surface area contributed by atoms with Crippen LogP contribution in [-0.4, -0.2) is 20.5 Å². The molecule has 0 amide bonds. The maximum atomic E-state index is 12.5. The first-order valence-corrected chi connectivity index (χ1v) is 9.68. The summed E-state index contributed by atoms with van der Waals surface area (Å²) in [6.07, 6.45) is 0. The maximum Gasteiger partial charge on any atom is 0.241 e. The molecule has 1 aromatic rings. The highest BCUT2D eigenvalue weighted by Gasteiger charge is 2.66. The maximum absolute atomic E-state index is 12.5. The van der Waals surface area contributed by atoms with Gasteiger partial charge in [0.2, 0.25) is 10.0 Å². The largest absolute Gasteiger partial charge is 0.310 e. The summed E-state index contributed by atoms with van der Waals surface area (Å²) in [6, 6.07) is 2.15. The summed E-state index contributed by atoms with van der Waals surface area (Å²) in [7, 11) is -3.42. The highest BCUT2D eigenvalue weighted by atomic mass is 32.2. The van der Waals surface area contributed by atoms with Crippen LogP contribution >= 0.6 is 11.3 Å². The standard InChI is InChI=1S/C15H26N2O2S2/c1-10(2)16-8-11-7-12(9-20-11)21(18,19)17-13-14(3,4)15(13,5)6/h7,9-10,13,16-17H,8H2,1-6H3. The molecule has 0 atom stereocenters. The molecule has 0 bridgehead atoms. The molecule has 1 aliphatic carbocycles. The first kappa shape index (κ1) is 16.9. The number of rotatable bonds is 6. The van der Waals surface area contributed by atoms with Crippen LogP contribution in [0.5, 0.6) is 0 Å². The Morgan fingerprint density at radius 3 is 2.29 bits per heavy atom.